The van der Waals surface area contributed by atoms with Gasteiger partial charge in [0.25, 0.3) is 0 Å². The summed E-state index contributed by atoms with van der Waals surface area (Å²) in [6.45, 7) is 2.08. The van der Waals surface area contributed by atoms with Crippen LogP contribution in [0.1, 0.15) is 30.9 Å². The fraction of sp³-hybridized carbons (Fsp3) is 0.294. The van der Waals surface area contributed by atoms with Gasteiger partial charge >= 0.3 is 0 Å². The predicted molar refractivity (Wildman–Crippen MR) is 82.3 cm³/mol. The van der Waals surface area contributed by atoms with Crippen LogP contribution in [0.5, 0.6) is 0 Å². The van der Waals surface area contributed by atoms with Crippen molar-refractivity contribution in [2.75, 3.05) is 0 Å². The Morgan fingerprint density at radius 3 is 2.45 bits per heavy atom. The van der Waals surface area contributed by atoms with Crippen LogP contribution in [-0.2, 0) is 12.0 Å². The van der Waals surface area contributed by atoms with Crippen LogP contribution in [0.15, 0.2) is 48.5 Å². The van der Waals surface area contributed by atoms with Crippen LogP contribution in [0.2, 0.25) is 5.02 Å². The first-order valence-electron chi connectivity index (χ1n) is 6.84. The van der Waals surface area contributed by atoms with Gasteiger partial charge in [0, 0.05) is 5.54 Å². The minimum Gasteiger partial charge on any atom is -0.321 e. The van der Waals surface area contributed by atoms with E-state index in [1.165, 1.54) is 0 Å². The minimum atomic E-state index is -0.568. The van der Waals surface area contributed by atoms with E-state index in [-0.39, 0.29) is 10.8 Å². The maximum absolute atomic E-state index is 14.1. The van der Waals surface area contributed by atoms with Crippen molar-refractivity contribution in [2.45, 2.75) is 31.7 Å². The lowest BCUT2D eigenvalue weighted by atomic mass is 9.81. The van der Waals surface area contributed by atoms with Crippen LogP contribution in [0.4, 0.5) is 4.39 Å². The van der Waals surface area contributed by atoms with Gasteiger partial charge in [-0.25, -0.2) is 4.39 Å². The summed E-state index contributed by atoms with van der Waals surface area (Å²) in [6, 6.07) is 14.9. The standard InChI is InChI=1S/C17H19ClFN/c1-2-11-17(20,14-8-4-3-5-9-14)12-13-7-6-10-15(18)16(13)19/h3-10H,2,11-12,20H2,1H3. The van der Waals surface area contributed by atoms with E-state index in [4.69, 9.17) is 17.3 Å². The molecule has 0 fully saturated rings. The molecule has 2 aromatic carbocycles. The van der Waals surface area contributed by atoms with Crippen LogP contribution in [0, 0.1) is 5.82 Å². The van der Waals surface area contributed by atoms with Crippen molar-refractivity contribution >= 4 is 11.6 Å². The minimum absolute atomic E-state index is 0.148. The third kappa shape index (κ3) is 3.20. The number of hydrogen-bond donors (Lipinski definition) is 1. The first-order chi connectivity index (χ1) is 9.57. The third-order valence-corrected chi connectivity index (χ3v) is 3.87. The van der Waals surface area contributed by atoms with Crippen molar-refractivity contribution in [3.63, 3.8) is 0 Å². The van der Waals surface area contributed by atoms with Crippen molar-refractivity contribution in [1.82, 2.24) is 0 Å². The Morgan fingerprint density at radius 2 is 1.80 bits per heavy atom. The van der Waals surface area contributed by atoms with E-state index in [1.807, 2.05) is 30.3 Å². The largest absolute Gasteiger partial charge is 0.321 e. The second kappa shape index (κ2) is 6.38. The number of halogens is 2. The monoisotopic (exact) mass is 291 g/mol. The Bertz CT molecular complexity index is 570. The van der Waals surface area contributed by atoms with Crippen molar-refractivity contribution in [2.24, 2.45) is 5.73 Å². The summed E-state index contributed by atoms with van der Waals surface area (Å²) in [7, 11) is 0. The topological polar surface area (TPSA) is 26.0 Å². The van der Waals surface area contributed by atoms with E-state index in [2.05, 4.69) is 6.92 Å². The average molecular weight is 292 g/mol. The average Bonchev–Trinajstić information content (AvgIpc) is 2.45. The molecular weight excluding hydrogens is 273 g/mol. The lowest BCUT2D eigenvalue weighted by Crippen LogP contribution is -2.39. The summed E-state index contributed by atoms with van der Waals surface area (Å²) in [5.41, 5.74) is 7.60. The molecule has 0 aliphatic carbocycles. The summed E-state index contributed by atoms with van der Waals surface area (Å²) in [5, 5.41) is 0.148. The second-order valence-electron chi connectivity index (χ2n) is 5.16. The smallest absolute Gasteiger partial charge is 0.145 e. The molecule has 0 aromatic heterocycles. The first kappa shape index (κ1) is 15.0. The van der Waals surface area contributed by atoms with Gasteiger partial charge in [0.2, 0.25) is 0 Å². The quantitative estimate of drug-likeness (QED) is 0.851. The van der Waals surface area contributed by atoms with Gasteiger partial charge in [0.05, 0.1) is 5.02 Å². The molecule has 3 heteroatoms. The van der Waals surface area contributed by atoms with Gasteiger partial charge in [-0.05, 0) is 30.0 Å². The molecule has 1 nitrogen and oxygen atoms in total. The molecule has 0 saturated heterocycles. The highest BCUT2D eigenvalue weighted by Gasteiger charge is 2.28. The molecule has 0 heterocycles. The van der Waals surface area contributed by atoms with E-state index in [0.717, 1.165) is 18.4 Å². The molecule has 2 rings (SSSR count). The predicted octanol–water partition coefficient (Wildman–Crippen LogP) is 4.68. The molecule has 20 heavy (non-hydrogen) atoms. The molecule has 0 amide bonds. The molecule has 0 aliphatic heterocycles. The molecule has 1 atom stereocenters. The van der Waals surface area contributed by atoms with E-state index in [9.17, 15) is 4.39 Å². The Kier molecular flexibility index (Phi) is 4.79. The molecule has 2 aromatic rings. The van der Waals surface area contributed by atoms with E-state index >= 15 is 0 Å². The van der Waals surface area contributed by atoms with Gasteiger partial charge in [0.15, 0.2) is 0 Å². The highest BCUT2D eigenvalue weighted by Crippen LogP contribution is 2.30. The highest BCUT2D eigenvalue weighted by molar-refractivity contribution is 6.30. The molecule has 0 aliphatic rings. The van der Waals surface area contributed by atoms with Gasteiger partial charge in [-0.15, -0.1) is 0 Å². The maximum atomic E-state index is 14.1. The molecule has 2 N–H and O–H groups in total. The lowest BCUT2D eigenvalue weighted by Gasteiger charge is -2.30. The van der Waals surface area contributed by atoms with Crippen LogP contribution in [0.25, 0.3) is 0 Å². The zero-order valence-corrected chi connectivity index (χ0v) is 12.3. The van der Waals surface area contributed by atoms with Crippen LogP contribution in [0.3, 0.4) is 0 Å². The third-order valence-electron chi connectivity index (χ3n) is 3.58. The molecule has 0 saturated carbocycles. The van der Waals surface area contributed by atoms with Gasteiger partial charge < -0.3 is 5.73 Å². The van der Waals surface area contributed by atoms with Crippen molar-refractivity contribution in [3.8, 4) is 0 Å². The number of hydrogen-bond acceptors (Lipinski definition) is 1. The van der Waals surface area contributed by atoms with E-state index in [0.29, 0.717) is 12.0 Å². The van der Waals surface area contributed by atoms with Gasteiger partial charge in [-0.3, -0.25) is 0 Å². The Morgan fingerprint density at radius 1 is 1.10 bits per heavy atom. The van der Waals surface area contributed by atoms with Crippen LogP contribution < -0.4 is 5.73 Å². The lowest BCUT2D eigenvalue weighted by molar-refractivity contribution is 0.394. The normalized spacial score (nSPS) is 14.0. The van der Waals surface area contributed by atoms with Gasteiger partial charge in [-0.2, -0.15) is 0 Å². The highest BCUT2D eigenvalue weighted by atomic mass is 35.5. The molecular formula is C17H19ClFN. The van der Waals surface area contributed by atoms with E-state index in [1.54, 1.807) is 18.2 Å². The molecule has 1 unspecified atom stereocenters. The SMILES string of the molecule is CCCC(N)(Cc1cccc(Cl)c1F)c1ccccc1. The molecule has 0 spiro atoms. The van der Waals surface area contributed by atoms with Gasteiger partial charge in [0.1, 0.15) is 5.82 Å². The fourth-order valence-corrected chi connectivity index (χ4v) is 2.77. The van der Waals surface area contributed by atoms with Crippen molar-refractivity contribution in [1.29, 1.82) is 0 Å². The first-order valence-corrected chi connectivity index (χ1v) is 7.22. The molecule has 0 bridgehead atoms. The Hall–Kier alpha value is -1.38. The summed E-state index contributed by atoms with van der Waals surface area (Å²) >= 11 is 5.85. The zero-order chi connectivity index (χ0) is 14.6. The zero-order valence-electron chi connectivity index (χ0n) is 11.6. The summed E-state index contributed by atoms with van der Waals surface area (Å²) in [4.78, 5) is 0. The maximum Gasteiger partial charge on any atom is 0.145 e. The fourth-order valence-electron chi connectivity index (χ4n) is 2.58. The number of rotatable bonds is 5. The van der Waals surface area contributed by atoms with Gasteiger partial charge in [-0.1, -0.05) is 67.4 Å². The summed E-state index contributed by atoms with van der Waals surface area (Å²) in [5.74, 6) is -0.365. The van der Waals surface area contributed by atoms with E-state index < -0.39 is 5.54 Å². The number of nitrogens with two attached hydrogens (primary N) is 1. The van der Waals surface area contributed by atoms with Crippen molar-refractivity contribution < 1.29 is 4.39 Å². The summed E-state index contributed by atoms with van der Waals surface area (Å²) < 4.78 is 14.1. The Balaban J connectivity index is 2.37. The number of benzene rings is 2. The summed E-state index contributed by atoms with van der Waals surface area (Å²) in [6.07, 6.45) is 2.17. The second-order valence-corrected chi connectivity index (χ2v) is 5.57. The van der Waals surface area contributed by atoms with Crippen LogP contribution in [-0.4, -0.2) is 0 Å². The molecule has 106 valence electrons. The molecule has 0 radical (unpaired) electrons. The van der Waals surface area contributed by atoms with Crippen molar-refractivity contribution in [3.05, 3.63) is 70.5 Å². The van der Waals surface area contributed by atoms with Crippen LogP contribution >= 0.6 is 11.6 Å². The Labute approximate surface area is 124 Å².